The van der Waals surface area contributed by atoms with Gasteiger partial charge in [-0.2, -0.15) is 0 Å². The zero-order valence-electron chi connectivity index (χ0n) is 11.3. The van der Waals surface area contributed by atoms with Crippen LogP contribution in [0.15, 0.2) is 24.3 Å². The fraction of sp³-hybridized carbons (Fsp3) is 0.500. The monoisotopic (exact) mass is 250 g/mol. The van der Waals surface area contributed by atoms with Crippen molar-refractivity contribution in [1.29, 1.82) is 0 Å². The van der Waals surface area contributed by atoms with E-state index in [9.17, 15) is 4.79 Å². The van der Waals surface area contributed by atoms with Crippen LogP contribution in [-0.4, -0.2) is 25.2 Å². The van der Waals surface area contributed by atoms with Crippen LogP contribution in [0, 0.1) is 0 Å². The van der Waals surface area contributed by atoms with Crippen molar-refractivity contribution in [1.82, 2.24) is 0 Å². The first kappa shape index (κ1) is 14.7. The molecule has 100 valence electrons. The number of nitrogens with two attached hydrogens (primary N) is 1. The highest BCUT2D eigenvalue weighted by Crippen LogP contribution is 2.18. The summed E-state index contributed by atoms with van der Waals surface area (Å²) in [4.78, 5) is 12.0. The fourth-order valence-electron chi connectivity index (χ4n) is 1.50. The van der Waals surface area contributed by atoms with Crippen molar-refractivity contribution >= 4 is 11.6 Å². The molecule has 0 aliphatic heterocycles. The van der Waals surface area contributed by atoms with Crippen LogP contribution in [0.3, 0.4) is 0 Å². The number of anilines is 1. The van der Waals surface area contributed by atoms with E-state index in [2.05, 4.69) is 5.32 Å². The van der Waals surface area contributed by atoms with Gasteiger partial charge in [0.1, 0.15) is 0 Å². The molecule has 3 N–H and O–H groups in total. The Bertz CT molecular complexity index is 403. The van der Waals surface area contributed by atoms with Gasteiger partial charge in [0.2, 0.25) is 5.91 Å². The Labute approximate surface area is 109 Å². The summed E-state index contributed by atoms with van der Waals surface area (Å²) in [5.74, 6) is -0.158. The van der Waals surface area contributed by atoms with Gasteiger partial charge in [0, 0.05) is 12.8 Å². The molecular formula is C14H22N2O2. The summed E-state index contributed by atoms with van der Waals surface area (Å²) >= 11 is 0. The predicted molar refractivity (Wildman–Crippen MR) is 73.5 cm³/mol. The van der Waals surface area contributed by atoms with Gasteiger partial charge in [0.05, 0.1) is 12.1 Å². The Morgan fingerprint density at radius 3 is 2.72 bits per heavy atom. The maximum absolute atomic E-state index is 12.0. The molecule has 0 bridgehead atoms. The molecule has 0 radical (unpaired) electrons. The molecule has 1 rings (SSSR count). The van der Waals surface area contributed by atoms with Crippen LogP contribution in [0.25, 0.3) is 0 Å². The summed E-state index contributed by atoms with van der Waals surface area (Å²) in [5.41, 5.74) is 6.95. The van der Waals surface area contributed by atoms with Crippen molar-refractivity contribution in [3.63, 3.8) is 0 Å². The van der Waals surface area contributed by atoms with Gasteiger partial charge >= 0.3 is 0 Å². The zero-order valence-corrected chi connectivity index (χ0v) is 11.3. The van der Waals surface area contributed by atoms with Crippen molar-refractivity contribution in [2.75, 3.05) is 19.0 Å². The third-order valence-corrected chi connectivity index (χ3v) is 3.09. The number of carbonyl (C=O) groups is 1. The van der Waals surface area contributed by atoms with Gasteiger partial charge in [-0.05, 0) is 31.4 Å². The first-order valence-electron chi connectivity index (χ1n) is 6.18. The van der Waals surface area contributed by atoms with Gasteiger partial charge in [0.15, 0.2) is 0 Å². The summed E-state index contributed by atoms with van der Waals surface area (Å²) in [7, 11) is 1.66. The minimum atomic E-state index is -0.839. The van der Waals surface area contributed by atoms with Gasteiger partial charge in [-0.3, -0.25) is 4.79 Å². The van der Waals surface area contributed by atoms with Gasteiger partial charge < -0.3 is 15.8 Å². The molecule has 1 amide bonds. The molecule has 1 aromatic rings. The van der Waals surface area contributed by atoms with Crippen molar-refractivity contribution in [3.05, 3.63) is 29.8 Å². The Kier molecular flexibility index (Phi) is 5.31. The smallest absolute Gasteiger partial charge is 0.244 e. The quantitative estimate of drug-likeness (QED) is 0.811. The summed E-state index contributed by atoms with van der Waals surface area (Å²) in [5, 5.41) is 2.89. The second-order valence-electron chi connectivity index (χ2n) is 4.63. The number of hydrogen-bond donors (Lipinski definition) is 2. The molecule has 0 aliphatic carbocycles. The minimum absolute atomic E-state index is 0.158. The van der Waals surface area contributed by atoms with Crippen molar-refractivity contribution < 1.29 is 9.53 Å². The first-order valence-corrected chi connectivity index (χ1v) is 6.18. The third-order valence-electron chi connectivity index (χ3n) is 3.09. The molecule has 4 heteroatoms. The lowest BCUT2D eigenvalue weighted by Gasteiger charge is -2.22. The van der Waals surface area contributed by atoms with E-state index in [4.69, 9.17) is 10.5 Å². The average molecular weight is 250 g/mol. The van der Waals surface area contributed by atoms with E-state index in [0.717, 1.165) is 17.7 Å². The Hall–Kier alpha value is -1.39. The van der Waals surface area contributed by atoms with E-state index >= 15 is 0 Å². The van der Waals surface area contributed by atoms with Crippen LogP contribution in [0.1, 0.15) is 25.8 Å². The number of para-hydroxylation sites is 1. The van der Waals surface area contributed by atoms with Crippen molar-refractivity contribution in [2.24, 2.45) is 5.73 Å². The van der Waals surface area contributed by atoms with Crippen molar-refractivity contribution in [2.45, 2.75) is 32.2 Å². The molecular weight excluding hydrogens is 228 g/mol. The number of hydrogen-bond acceptors (Lipinski definition) is 3. The molecule has 0 saturated heterocycles. The molecule has 1 unspecified atom stereocenters. The Morgan fingerprint density at radius 2 is 2.11 bits per heavy atom. The largest absolute Gasteiger partial charge is 0.384 e. The molecule has 1 atom stereocenters. The van der Waals surface area contributed by atoms with E-state index < -0.39 is 5.54 Å². The van der Waals surface area contributed by atoms with Gasteiger partial charge in [-0.1, -0.05) is 25.1 Å². The normalized spacial score (nSPS) is 14.0. The fourth-order valence-corrected chi connectivity index (χ4v) is 1.50. The Balaban J connectivity index is 2.81. The summed E-state index contributed by atoms with van der Waals surface area (Å²) in [6, 6.07) is 7.71. The van der Waals surface area contributed by atoms with Gasteiger partial charge in [-0.15, -0.1) is 0 Å². The van der Waals surface area contributed by atoms with Crippen LogP contribution >= 0.6 is 0 Å². The highest BCUT2D eigenvalue weighted by atomic mass is 16.5. The molecule has 0 heterocycles. The summed E-state index contributed by atoms with van der Waals surface area (Å²) < 4.78 is 5.06. The maximum Gasteiger partial charge on any atom is 0.244 e. The number of rotatable bonds is 6. The molecule has 0 fully saturated rings. The van der Waals surface area contributed by atoms with Crippen LogP contribution in [0.4, 0.5) is 5.69 Å². The minimum Gasteiger partial charge on any atom is -0.384 e. The summed E-state index contributed by atoms with van der Waals surface area (Å²) in [6.07, 6.45) is 1.36. The first-order chi connectivity index (χ1) is 8.51. The van der Waals surface area contributed by atoms with Crippen LogP contribution in [-0.2, 0) is 16.0 Å². The standard InChI is InChI=1S/C14H22N2O2/c1-4-14(2,15)13(17)16-12-8-6-5-7-11(12)9-10-18-3/h5-8H,4,9-10,15H2,1-3H3,(H,16,17). The van der Waals surface area contributed by atoms with E-state index in [1.165, 1.54) is 0 Å². The average Bonchev–Trinajstić information content (AvgIpc) is 2.37. The molecule has 1 aromatic carbocycles. The molecule has 0 aliphatic rings. The molecule has 0 aromatic heterocycles. The number of ether oxygens (including phenoxy) is 1. The second-order valence-corrected chi connectivity index (χ2v) is 4.63. The van der Waals surface area contributed by atoms with Crippen LogP contribution < -0.4 is 11.1 Å². The predicted octanol–water partition coefficient (Wildman–Crippen LogP) is 1.94. The van der Waals surface area contributed by atoms with E-state index in [1.807, 2.05) is 31.2 Å². The van der Waals surface area contributed by atoms with Gasteiger partial charge in [0.25, 0.3) is 0 Å². The van der Waals surface area contributed by atoms with Crippen LogP contribution in [0.2, 0.25) is 0 Å². The van der Waals surface area contributed by atoms with E-state index in [-0.39, 0.29) is 5.91 Å². The number of benzene rings is 1. The Morgan fingerprint density at radius 1 is 1.44 bits per heavy atom. The zero-order chi connectivity index (χ0) is 13.6. The number of amides is 1. The number of methoxy groups -OCH3 is 1. The van der Waals surface area contributed by atoms with E-state index in [1.54, 1.807) is 14.0 Å². The third kappa shape index (κ3) is 3.82. The molecule has 0 saturated carbocycles. The highest BCUT2D eigenvalue weighted by Gasteiger charge is 2.26. The van der Waals surface area contributed by atoms with E-state index in [0.29, 0.717) is 13.0 Å². The number of carbonyl (C=O) groups excluding carboxylic acids is 1. The van der Waals surface area contributed by atoms with Crippen molar-refractivity contribution in [3.8, 4) is 0 Å². The second kappa shape index (κ2) is 6.52. The lowest BCUT2D eigenvalue weighted by molar-refractivity contribution is -0.120. The highest BCUT2D eigenvalue weighted by molar-refractivity contribution is 5.98. The molecule has 18 heavy (non-hydrogen) atoms. The molecule has 4 nitrogen and oxygen atoms in total. The lowest BCUT2D eigenvalue weighted by Crippen LogP contribution is -2.47. The topological polar surface area (TPSA) is 64.4 Å². The maximum atomic E-state index is 12.0. The molecule has 0 spiro atoms. The number of nitrogens with one attached hydrogen (secondary N) is 1. The summed E-state index contributed by atoms with van der Waals surface area (Å²) in [6.45, 7) is 4.26. The lowest BCUT2D eigenvalue weighted by atomic mass is 9.99. The van der Waals surface area contributed by atoms with Crippen LogP contribution in [0.5, 0.6) is 0 Å². The van der Waals surface area contributed by atoms with Gasteiger partial charge in [-0.25, -0.2) is 0 Å². The SMILES string of the molecule is CCC(C)(N)C(=O)Nc1ccccc1CCOC.